The van der Waals surface area contributed by atoms with Crippen LogP contribution in [0.5, 0.6) is 0 Å². The number of nitrogens with zero attached hydrogens (tertiary/aromatic N) is 2. The van der Waals surface area contributed by atoms with Crippen LogP contribution in [0.3, 0.4) is 0 Å². The highest BCUT2D eigenvalue weighted by atomic mass is 19.1. The maximum absolute atomic E-state index is 12.9. The molecular weight excluding hydrogens is 205 g/mol. The van der Waals surface area contributed by atoms with E-state index in [1.807, 2.05) is 19.1 Å². The van der Waals surface area contributed by atoms with Gasteiger partial charge in [0.25, 0.3) is 0 Å². The lowest BCUT2D eigenvalue weighted by Crippen LogP contribution is -2.04. The Kier molecular flexibility index (Phi) is 3.10. The molecule has 0 fully saturated rings. The lowest BCUT2D eigenvalue weighted by Gasteiger charge is -2.05. The van der Waals surface area contributed by atoms with Crippen molar-refractivity contribution in [3.63, 3.8) is 0 Å². The molecule has 82 valence electrons. The van der Waals surface area contributed by atoms with Gasteiger partial charge in [0.1, 0.15) is 5.82 Å². The van der Waals surface area contributed by atoms with Crippen molar-refractivity contribution in [2.45, 2.75) is 13.5 Å². The number of anilines is 1. The van der Waals surface area contributed by atoms with E-state index in [-0.39, 0.29) is 5.82 Å². The average Bonchev–Trinajstić information content (AvgIpc) is 2.27. The minimum Gasteiger partial charge on any atom is -0.350 e. The maximum Gasteiger partial charge on any atom is 0.223 e. The highest BCUT2D eigenvalue weighted by Gasteiger charge is 1.97. The third-order valence-electron chi connectivity index (χ3n) is 2.13. The molecule has 0 amide bonds. The van der Waals surface area contributed by atoms with Gasteiger partial charge in [-0.05, 0) is 30.7 Å². The van der Waals surface area contributed by atoms with Crippen molar-refractivity contribution in [2.75, 3.05) is 5.32 Å². The first-order valence-corrected chi connectivity index (χ1v) is 5.02. The first-order valence-electron chi connectivity index (χ1n) is 5.02. The van der Waals surface area contributed by atoms with E-state index < -0.39 is 0 Å². The molecule has 0 saturated carbocycles. The summed E-state index contributed by atoms with van der Waals surface area (Å²) < 4.78 is 12.9. The van der Waals surface area contributed by atoms with Crippen molar-refractivity contribution in [3.05, 3.63) is 53.6 Å². The molecule has 0 aliphatic rings. The summed E-state index contributed by atoms with van der Waals surface area (Å²) in [6, 6.07) is 8.28. The van der Waals surface area contributed by atoms with Gasteiger partial charge < -0.3 is 5.32 Å². The second kappa shape index (κ2) is 4.70. The van der Waals surface area contributed by atoms with E-state index >= 15 is 0 Å². The Morgan fingerprint density at radius 3 is 2.94 bits per heavy atom. The second-order valence-corrected chi connectivity index (χ2v) is 3.51. The Bertz CT molecular complexity index is 440. The molecule has 0 spiro atoms. The first-order chi connectivity index (χ1) is 7.74. The van der Waals surface area contributed by atoms with Crippen molar-refractivity contribution in [3.8, 4) is 0 Å². The Labute approximate surface area is 93.4 Å². The highest BCUT2D eigenvalue weighted by molar-refractivity contribution is 5.28. The standard InChI is InChI=1S/C12H12FN3/c1-9-5-6-14-12(16-9)15-8-10-3-2-4-11(13)7-10/h2-7H,8H2,1H3,(H,14,15,16). The Hall–Kier alpha value is -1.97. The topological polar surface area (TPSA) is 37.8 Å². The fourth-order valence-electron chi connectivity index (χ4n) is 1.36. The van der Waals surface area contributed by atoms with E-state index in [1.54, 1.807) is 12.3 Å². The van der Waals surface area contributed by atoms with Crippen molar-refractivity contribution in [1.82, 2.24) is 9.97 Å². The normalized spacial score (nSPS) is 10.1. The Balaban J connectivity index is 2.02. The van der Waals surface area contributed by atoms with E-state index in [4.69, 9.17) is 0 Å². The van der Waals surface area contributed by atoms with Crippen LogP contribution < -0.4 is 5.32 Å². The molecule has 0 bridgehead atoms. The molecule has 0 atom stereocenters. The van der Waals surface area contributed by atoms with Gasteiger partial charge in [-0.15, -0.1) is 0 Å². The molecule has 2 rings (SSSR count). The molecule has 1 aromatic heterocycles. The van der Waals surface area contributed by atoms with Gasteiger partial charge in [0.15, 0.2) is 0 Å². The zero-order chi connectivity index (χ0) is 11.4. The van der Waals surface area contributed by atoms with E-state index in [0.29, 0.717) is 12.5 Å². The van der Waals surface area contributed by atoms with E-state index in [2.05, 4.69) is 15.3 Å². The minimum atomic E-state index is -0.232. The average molecular weight is 217 g/mol. The number of hydrogen-bond acceptors (Lipinski definition) is 3. The van der Waals surface area contributed by atoms with Crippen molar-refractivity contribution < 1.29 is 4.39 Å². The van der Waals surface area contributed by atoms with Gasteiger partial charge in [-0.2, -0.15) is 0 Å². The van der Waals surface area contributed by atoms with E-state index in [9.17, 15) is 4.39 Å². The molecule has 1 aromatic carbocycles. The third-order valence-corrected chi connectivity index (χ3v) is 2.13. The van der Waals surface area contributed by atoms with Crippen molar-refractivity contribution in [1.29, 1.82) is 0 Å². The quantitative estimate of drug-likeness (QED) is 0.858. The molecule has 2 aromatic rings. The van der Waals surface area contributed by atoms with Crippen molar-refractivity contribution >= 4 is 5.95 Å². The maximum atomic E-state index is 12.9. The molecule has 0 unspecified atom stereocenters. The summed E-state index contributed by atoms with van der Waals surface area (Å²) in [5, 5.41) is 3.04. The number of aromatic nitrogens is 2. The molecule has 0 aliphatic carbocycles. The highest BCUT2D eigenvalue weighted by Crippen LogP contribution is 2.06. The number of hydrogen-bond donors (Lipinski definition) is 1. The zero-order valence-electron chi connectivity index (χ0n) is 8.94. The van der Waals surface area contributed by atoms with Gasteiger partial charge >= 0.3 is 0 Å². The Morgan fingerprint density at radius 2 is 2.19 bits per heavy atom. The summed E-state index contributed by atoms with van der Waals surface area (Å²) in [7, 11) is 0. The smallest absolute Gasteiger partial charge is 0.223 e. The second-order valence-electron chi connectivity index (χ2n) is 3.51. The molecule has 16 heavy (non-hydrogen) atoms. The summed E-state index contributed by atoms with van der Waals surface area (Å²) in [5.41, 5.74) is 1.77. The summed E-state index contributed by atoms with van der Waals surface area (Å²) in [6.45, 7) is 2.41. The zero-order valence-corrected chi connectivity index (χ0v) is 8.94. The fraction of sp³-hybridized carbons (Fsp3) is 0.167. The SMILES string of the molecule is Cc1ccnc(NCc2cccc(F)c2)n1. The first kappa shape index (κ1) is 10.5. The molecule has 1 N–H and O–H groups in total. The predicted molar refractivity (Wildman–Crippen MR) is 60.5 cm³/mol. The lowest BCUT2D eigenvalue weighted by atomic mass is 10.2. The van der Waals surface area contributed by atoms with E-state index in [1.165, 1.54) is 12.1 Å². The van der Waals surface area contributed by atoms with Crippen LogP contribution in [-0.2, 0) is 6.54 Å². The van der Waals surface area contributed by atoms with Crippen LogP contribution in [0, 0.1) is 12.7 Å². The number of nitrogens with one attached hydrogen (secondary N) is 1. The fourth-order valence-corrected chi connectivity index (χ4v) is 1.36. The van der Waals surface area contributed by atoms with Gasteiger partial charge in [-0.1, -0.05) is 12.1 Å². The van der Waals surface area contributed by atoms with Gasteiger partial charge in [0.2, 0.25) is 5.95 Å². The molecule has 4 heteroatoms. The molecule has 0 saturated heterocycles. The Morgan fingerprint density at radius 1 is 1.31 bits per heavy atom. The van der Waals surface area contributed by atoms with Crippen LogP contribution in [0.15, 0.2) is 36.5 Å². The van der Waals surface area contributed by atoms with Crippen molar-refractivity contribution in [2.24, 2.45) is 0 Å². The molecule has 3 nitrogen and oxygen atoms in total. The molecule has 0 aliphatic heterocycles. The number of rotatable bonds is 3. The largest absolute Gasteiger partial charge is 0.350 e. The number of aryl methyl sites for hydroxylation is 1. The van der Waals surface area contributed by atoms with E-state index in [0.717, 1.165) is 11.3 Å². The van der Waals surface area contributed by atoms with Gasteiger partial charge in [0, 0.05) is 18.4 Å². The van der Waals surface area contributed by atoms with Crippen LogP contribution >= 0.6 is 0 Å². The summed E-state index contributed by atoms with van der Waals surface area (Å²) >= 11 is 0. The van der Waals surface area contributed by atoms with Crippen LogP contribution in [0.1, 0.15) is 11.3 Å². The van der Waals surface area contributed by atoms with Gasteiger partial charge in [0.05, 0.1) is 0 Å². The molecule has 1 heterocycles. The van der Waals surface area contributed by atoms with Crippen LogP contribution in [0.2, 0.25) is 0 Å². The van der Waals surface area contributed by atoms with Crippen LogP contribution in [-0.4, -0.2) is 9.97 Å². The van der Waals surface area contributed by atoms with Gasteiger partial charge in [-0.25, -0.2) is 14.4 Å². The number of halogens is 1. The summed E-state index contributed by atoms with van der Waals surface area (Å²) in [6.07, 6.45) is 1.69. The molecular formula is C12H12FN3. The predicted octanol–water partition coefficient (Wildman–Crippen LogP) is 2.54. The van der Waals surface area contributed by atoms with Gasteiger partial charge in [-0.3, -0.25) is 0 Å². The number of benzene rings is 1. The monoisotopic (exact) mass is 217 g/mol. The van der Waals surface area contributed by atoms with Crippen LogP contribution in [0.4, 0.5) is 10.3 Å². The summed E-state index contributed by atoms with van der Waals surface area (Å²) in [4.78, 5) is 8.26. The third kappa shape index (κ3) is 2.76. The minimum absolute atomic E-state index is 0.232. The molecule has 0 radical (unpaired) electrons. The lowest BCUT2D eigenvalue weighted by molar-refractivity contribution is 0.626. The summed E-state index contributed by atoms with van der Waals surface area (Å²) in [5.74, 6) is 0.328. The van der Waals surface area contributed by atoms with Crippen LogP contribution in [0.25, 0.3) is 0 Å².